The SMILES string of the molecule is C=CCn1cc(C(=O)O)c(=O)c2cc(O)c(O)cc21. The number of phenolic OH excluding ortho intramolecular Hbond substituents is 2. The Morgan fingerprint density at radius 3 is 2.53 bits per heavy atom. The molecule has 0 aliphatic heterocycles. The molecule has 3 N–H and O–H groups in total. The number of pyridine rings is 1. The van der Waals surface area contributed by atoms with Crippen LogP contribution in [0.5, 0.6) is 11.5 Å². The molecule has 1 aromatic carbocycles. The zero-order chi connectivity index (χ0) is 14.2. The molecule has 0 radical (unpaired) electrons. The predicted molar refractivity (Wildman–Crippen MR) is 68.7 cm³/mol. The van der Waals surface area contributed by atoms with Crippen molar-refractivity contribution in [1.82, 2.24) is 4.57 Å². The maximum Gasteiger partial charge on any atom is 0.341 e. The Kier molecular flexibility index (Phi) is 3.00. The normalized spacial score (nSPS) is 10.5. The van der Waals surface area contributed by atoms with Gasteiger partial charge in [0.05, 0.1) is 10.9 Å². The van der Waals surface area contributed by atoms with Crippen LogP contribution in [0, 0.1) is 0 Å². The lowest BCUT2D eigenvalue weighted by atomic mass is 10.1. The molecule has 0 saturated heterocycles. The Hall–Kier alpha value is -2.76. The highest BCUT2D eigenvalue weighted by molar-refractivity contribution is 5.93. The largest absolute Gasteiger partial charge is 0.504 e. The van der Waals surface area contributed by atoms with Crippen molar-refractivity contribution < 1.29 is 20.1 Å². The molecule has 2 rings (SSSR count). The third-order valence-electron chi connectivity index (χ3n) is 2.73. The van der Waals surface area contributed by atoms with E-state index in [9.17, 15) is 19.8 Å². The van der Waals surface area contributed by atoms with Crippen molar-refractivity contribution in [2.24, 2.45) is 0 Å². The molecule has 1 aromatic heterocycles. The summed E-state index contributed by atoms with van der Waals surface area (Å²) < 4.78 is 1.46. The van der Waals surface area contributed by atoms with E-state index in [1.54, 1.807) is 0 Å². The summed E-state index contributed by atoms with van der Waals surface area (Å²) in [7, 11) is 0. The van der Waals surface area contributed by atoms with Gasteiger partial charge < -0.3 is 19.9 Å². The van der Waals surface area contributed by atoms with Gasteiger partial charge in [-0.2, -0.15) is 0 Å². The van der Waals surface area contributed by atoms with Gasteiger partial charge in [0.1, 0.15) is 5.56 Å². The third kappa shape index (κ3) is 2.03. The van der Waals surface area contributed by atoms with E-state index in [2.05, 4.69) is 6.58 Å². The fourth-order valence-corrected chi connectivity index (χ4v) is 1.86. The highest BCUT2D eigenvalue weighted by atomic mass is 16.4. The van der Waals surface area contributed by atoms with Crippen molar-refractivity contribution in [2.45, 2.75) is 6.54 Å². The summed E-state index contributed by atoms with van der Waals surface area (Å²) in [6, 6.07) is 2.26. The summed E-state index contributed by atoms with van der Waals surface area (Å²) in [5.41, 5.74) is -0.789. The molecule has 0 saturated carbocycles. The number of hydrogen-bond acceptors (Lipinski definition) is 4. The van der Waals surface area contributed by atoms with Crippen molar-refractivity contribution in [1.29, 1.82) is 0 Å². The number of fused-ring (bicyclic) bond motifs is 1. The summed E-state index contributed by atoms with van der Waals surface area (Å²) in [5.74, 6) is -2.21. The highest BCUT2D eigenvalue weighted by Gasteiger charge is 2.16. The second kappa shape index (κ2) is 4.49. The first kappa shape index (κ1) is 12.7. The summed E-state index contributed by atoms with van der Waals surface area (Å²) in [5, 5.41) is 27.9. The minimum Gasteiger partial charge on any atom is -0.504 e. The van der Waals surface area contributed by atoms with E-state index in [4.69, 9.17) is 5.11 Å². The number of carbonyl (C=O) groups is 1. The van der Waals surface area contributed by atoms with E-state index in [1.807, 2.05) is 0 Å². The van der Waals surface area contributed by atoms with Gasteiger partial charge in [-0.1, -0.05) is 6.08 Å². The number of aromatic carboxylic acids is 1. The van der Waals surface area contributed by atoms with Gasteiger partial charge in [0.15, 0.2) is 11.5 Å². The smallest absolute Gasteiger partial charge is 0.341 e. The maximum atomic E-state index is 12.0. The Morgan fingerprint density at radius 2 is 1.95 bits per heavy atom. The fourth-order valence-electron chi connectivity index (χ4n) is 1.86. The molecule has 6 heteroatoms. The molecular weight excluding hydrogens is 250 g/mol. The lowest BCUT2D eigenvalue weighted by Gasteiger charge is -2.11. The molecule has 0 unspecified atom stereocenters. The molecule has 1 heterocycles. The zero-order valence-corrected chi connectivity index (χ0v) is 9.83. The number of hydrogen-bond donors (Lipinski definition) is 3. The topological polar surface area (TPSA) is 99.8 Å². The van der Waals surface area contributed by atoms with Gasteiger partial charge in [-0.15, -0.1) is 6.58 Å². The van der Waals surface area contributed by atoms with Gasteiger partial charge in [-0.05, 0) is 6.07 Å². The van der Waals surface area contributed by atoms with Crippen LogP contribution in [-0.2, 0) is 6.54 Å². The second-order valence-electron chi connectivity index (χ2n) is 3.98. The molecule has 98 valence electrons. The lowest BCUT2D eigenvalue weighted by Crippen LogP contribution is -2.18. The minimum atomic E-state index is -1.35. The van der Waals surface area contributed by atoms with Crippen LogP contribution in [0.25, 0.3) is 10.9 Å². The fraction of sp³-hybridized carbons (Fsp3) is 0.0769. The van der Waals surface area contributed by atoms with Gasteiger partial charge in [0.2, 0.25) is 5.43 Å². The predicted octanol–water partition coefficient (Wildman–Crippen LogP) is 1.30. The number of nitrogens with zero attached hydrogens (tertiary/aromatic N) is 1. The number of benzene rings is 1. The molecule has 0 atom stereocenters. The molecular formula is C13H11NO5. The second-order valence-corrected chi connectivity index (χ2v) is 3.98. The van der Waals surface area contributed by atoms with Gasteiger partial charge in [0, 0.05) is 18.8 Å². The van der Waals surface area contributed by atoms with Crippen LogP contribution in [-0.4, -0.2) is 25.9 Å². The molecule has 0 spiro atoms. The Morgan fingerprint density at radius 1 is 1.32 bits per heavy atom. The summed E-state index contributed by atoms with van der Waals surface area (Å²) in [6.45, 7) is 3.81. The van der Waals surface area contributed by atoms with Crippen LogP contribution >= 0.6 is 0 Å². The Bertz CT molecular complexity index is 745. The van der Waals surface area contributed by atoms with Crippen molar-refractivity contribution in [2.75, 3.05) is 0 Å². The van der Waals surface area contributed by atoms with E-state index in [0.717, 1.165) is 6.07 Å². The van der Waals surface area contributed by atoms with Crippen LogP contribution in [0.15, 0.2) is 35.8 Å². The van der Waals surface area contributed by atoms with Crippen LogP contribution in [0.3, 0.4) is 0 Å². The molecule has 6 nitrogen and oxygen atoms in total. The van der Waals surface area contributed by atoms with E-state index in [1.165, 1.54) is 22.9 Å². The van der Waals surface area contributed by atoms with Crippen LogP contribution in [0.4, 0.5) is 0 Å². The van der Waals surface area contributed by atoms with Gasteiger partial charge >= 0.3 is 5.97 Å². The monoisotopic (exact) mass is 261 g/mol. The standard InChI is InChI=1S/C13H11NO5/c1-2-3-14-6-8(13(18)19)12(17)7-4-10(15)11(16)5-9(7)14/h2,4-6,15-16H,1,3H2,(H,18,19). The summed E-state index contributed by atoms with van der Waals surface area (Å²) >= 11 is 0. The quantitative estimate of drug-likeness (QED) is 0.571. The van der Waals surface area contributed by atoms with Gasteiger partial charge in [-0.3, -0.25) is 4.79 Å². The van der Waals surface area contributed by atoms with Gasteiger partial charge in [0.25, 0.3) is 0 Å². The molecule has 0 amide bonds. The minimum absolute atomic E-state index is 0.0250. The molecule has 19 heavy (non-hydrogen) atoms. The first-order chi connectivity index (χ1) is 8.95. The third-order valence-corrected chi connectivity index (χ3v) is 2.73. The lowest BCUT2D eigenvalue weighted by molar-refractivity contribution is 0.0695. The zero-order valence-electron chi connectivity index (χ0n) is 9.83. The van der Waals surface area contributed by atoms with Crippen LogP contribution in [0.2, 0.25) is 0 Å². The molecule has 0 aliphatic carbocycles. The summed E-state index contributed by atoms with van der Waals surface area (Å²) in [6.07, 6.45) is 2.71. The van der Waals surface area contributed by atoms with Crippen molar-refractivity contribution in [3.05, 3.63) is 46.8 Å². The highest BCUT2D eigenvalue weighted by Crippen LogP contribution is 2.29. The maximum absolute atomic E-state index is 12.0. The average Bonchev–Trinajstić information content (AvgIpc) is 2.35. The number of carboxylic acid groups (broad SMARTS) is 1. The van der Waals surface area contributed by atoms with Crippen molar-refractivity contribution >= 4 is 16.9 Å². The van der Waals surface area contributed by atoms with E-state index >= 15 is 0 Å². The number of allylic oxidation sites excluding steroid dienone is 1. The van der Waals surface area contributed by atoms with E-state index in [-0.39, 0.29) is 17.7 Å². The Labute approximate surface area is 107 Å². The summed E-state index contributed by atoms with van der Waals surface area (Å²) in [4.78, 5) is 23.0. The molecule has 2 aromatic rings. The number of phenols is 2. The number of rotatable bonds is 3. The molecule has 0 aliphatic rings. The van der Waals surface area contributed by atoms with Crippen LogP contribution < -0.4 is 5.43 Å². The van der Waals surface area contributed by atoms with Gasteiger partial charge in [-0.25, -0.2) is 4.79 Å². The first-order valence-corrected chi connectivity index (χ1v) is 5.39. The Balaban J connectivity index is 2.96. The van der Waals surface area contributed by atoms with Crippen molar-refractivity contribution in [3.8, 4) is 11.5 Å². The number of aromatic hydroxyl groups is 2. The van der Waals surface area contributed by atoms with Crippen LogP contribution in [0.1, 0.15) is 10.4 Å². The molecule has 0 fully saturated rings. The van der Waals surface area contributed by atoms with E-state index < -0.39 is 22.7 Å². The van der Waals surface area contributed by atoms with Crippen molar-refractivity contribution in [3.63, 3.8) is 0 Å². The number of carboxylic acids is 1. The number of aromatic nitrogens is 1. The first-order valence-electron chi connectivity index (χ1n) is 5.39. The average molecular weight is 261 g/mol. The van der Waals surface area contributed by atoms with E-state index in [0.29, 0.717) is 5.52 Å². The molecule has 0 bridgehead atoms.